The van der Waals surface area contributed by atoms with Gasteiger partial charge in [-0.2, -0.15) is 0 Å². The molecule has 1 aliphatic heterocycles. The van der Waals surface area contributed by atoms with E-state index in [0.717, 1.165) is 5.57 Å². The summed E-state index contributed by atoms with van der Waals surface area (Å²) in [6.07, 6.45) is 1.99. The molecule has 44 valence electrons. The molecule has 2 heteroatoms. The van der Waals surface area contributed by atoms with E-state index in [1.165, 1.54) is 11.8 Å². The average Bonchev–Trinajstić information content (AvgIpc) is 1.85. The molecular weight excluding hydrogens is 120 g/mol. The first kappa shape index (κ1) is 5.89. The number of thioether (sulfide) groups is 1. The molecule has 0 bridgehead atoms. The highest BCUT2D eigenvalue weighted by Crippen LogP contribution is 2.25. The first-order valence-corrected chi connectivity index (χ1v) is 3.47. The Bertz CT molecular complexity index is 149. The zero-order valence-electron chi connectivity index (χ0n) is 4.97. The Morgan fingerprint density at radius 1 is 1.75 bits per heavy atom. The molecular formula is C6H8OS. The monoisotopic (exact) mass is 128 g/mol. The van der Waals surface area contributed by atoms with Crippen LogP contribution in [0.2, 0.25) is 0 Å². The molecule has 0 amide bonds. The van der Waals surface area contributed by atoms with E-state index >= 15 is 0 Å². The zero-order valence-corrected chi connectivity index (χ0v) is 5.79. The van der Waals surface area contributed by atoms with Gasteiger partial charge in [-0.05, 0) is 13.8 Å². The second-order valence-electron chi connectivity index (χ2n) is 1.96. The van der Waals surface area contributed by atoms with E-state index in [1.54, 1.807) is 0 Å². The minimum absolute atomic E-state index is 0.234. The van der Waals surface area contributed by atoms with Gasteiger partial charge >= 0.3 is 0 Å². The van der Waals surface area contributed by atoms with Crippen molar-refractivity contribution < 1.29 is 4.79 Å². The minimum Gasteiger partial charge on any atom is -0.282 e. The van der Waals surface area contributed by atoms with Crippen LogP contribution in [0.25, 0.3) is 0 Å². The Labute approximate surface area is 53.2 Å². The molecule has 1 rings (SSSR count). The Morgan fingerprint density at radius 2 is 2.38 bits per heavy atom. The predicted molar refractivity (Wildman–Crippen MR) is 35.8 cm³/mol. The summed E-state index contributed by atoms with van der Waals surface area (Å²) in [4.78, 5) is 10.7. The van der Waals surface area contributed by atoms with Gasteiger partial charge < -0.3 is 0 Å². The van der Waals surface area contributed by atoms with Crippen LogP contribution in [0.3, 0.4) is 0 Å². The lowest BCUT2D eigenvalue weighted by Crippen LogP contribution is -1.86. The molecule has 1 atom stereocenters. The van der Waals surface area contributed by atoms with Crippen LogP contribution in [-0.2, 0) is 4.79 Å². The summed E-state index contributed by atoms with van der Waals surface area (Å²) >= 11 is 1.40. The molecule has 0 aromatic rings. The molecule has 0 aromatic carbocycles. The third-order valence-electron chi connectivity index (χ3n) is 1.10. The summed E-state index contributed by atoms with van der Waals surface area (Å²) in [5.74, 6) is 0. The van der Waals surface area contributed by atoms with Gasteiger partial charge in [0.15, 0.2) is 0 Å². The van der Waals surface area contributed by atoms with Gasteiger partial charge in [-0.15, -0.1) is 0 Å². The van der Waals surface area contributed by atoms with Crippen molar-refractivity contribution in [1.82, 2.24) is 0 Å². The van der Waals surface area contributed by atoms with E-state index in [9.17, 15) is 4.79 Å². The van der Waals surface area contributed by atoms with Crippen molar-refractivity contribution in [2.45, 2.75) is 19.1 Å². The number of carbonyl (C=O) groups excluding carboxylic acids is 1. The lowest BCUT2D eigenvalue weighted by atomic mass is 10.3. The van der Waals surface area contributed by atoms with Gasteiger partial charge in [-0.1, -0.05) is 17.8 Å². The summed E-state index contributed by atoms with van der Waals surface area (Å²) in [5, 5.41) is 0.639. The van der Waals surface area contributed by atoms with Crippen molar-refractivity contribution in [3.63, 3.8) is 0 Å². The van der Waals surface area contributed by atoms with E-state index in [4.69, 9.17) is 0 Å². The summed E-state index contributed by atoms with van der Waals surface area (Å²) in [6.45, 7) is 3.89. The van der Waals surface area contributed by atoms with E-state index in [2.05, 4.69) is 0 Å². The van der Waals surface area contributed by atoms with Crippen molar-refractivity contribution in [1.29, 1.82) is 0 Å². The van der Waals surface area contributed by atoms with Crippen LogP contribution in [0.15, 0.2) is 11.6 Å². The lowest BCUT2D eigenvalue weighted by Gasteiger charge is -1.88. The second kappa shape index (κ2) is 1.94. The van der Waals surface area contributed by atoms with E-state index in [-0.39, 0.29) is 5.12 Å². The van der Waals surface area contributed by atoms with E-state index < -0.39 is 0 Å². The summed E-state index contributed by atoms with van der Waals surface area (Å²) in [5.41, 5.74) is 0.905. The molecule has 1 unspecified atom stereocenters. The van der Waals surface area contributed by atoms with Crippen molar-refractivity contribution in [3.05, 3.63) is 11.6 Å². The Kier molecular flexibility index (Phi) is 1.43. The molecule has 1 aliphatic rings. The largest absolute Gasteiger partial charge is 0.282 e. The molecule has 0 saturated carbocycles. The fraction of sp³-hybridized carbons (Fsp3) is 0.500. The third-order valence-corrected chi connectivity index (χ3v) is 2.14. The van der Waals surface area contributed by atoms with Crippen LogP contribution in [0.5, 0.6) is 0 Å². The smallest absolute Gasteiger partial charge is 0.215 e. The maximum atomic E-state index is 10.7. The quantitative estimate of drug-likeness (QED) is 0.493. The van der Waals surface area contributed by atoms with Gasteiger partial charge in [0.1, 0.15) is 0 Å². The van der Waals surface area contributed by atoms with Crippen molar-refractivity contribution in [2.75, 3.05) is 0 Å². The fourth-order valence-electron chi connectivity index (χ4n) is 0.716. The molecule has 1 heterocycles. The average molecular weight is 128 g/mol. The van der Waals surface area contributed by atoms with Crippen molar-refractivity contribution in [3.8, 4) is 0 Å². The summed E-state index contributed by atoms with van der Waals surface area (Å²) < 4.78 is 0. The minimum atomic E-state index is 0.234. The first-order chi connectivity index (χ1) is 3.70. The first-order valence-electron chi connectivity index (χ1n) is 2.59. The van der Waals surface area contributed by atoms with Crippen LogP contribution in [0.1, 0.15) is 13.8 Å². The van der Waals surface area contributed by atoms with Crippen molar-refractivity contribution >= 4 is 16.9 Å². The maximum Gasteiger partial charge on any atom is 0.215 e. The Balaban J connectivity index is 2.73. The van der Waals surface area contributed by atoms with E-state index in [1.807, 2.05) is 19.9 Å². The SMILES string of the molecule is CC1=CC(C)SC1=O. The van der Waals surface area contributed by atoms with Crippen LogP contribution in [0.4, 0.5) is 0 Å². The number of hydrogen-bond donors (Lipinski definition) is 0. The molecule has 1 nitrogen and oxygen atoms in total. The second-order valence-corrected chi connectivity index (χ2v) is 3.31. The number of hydrogen-bond acceptors (Lipinski definition) is 2. The maximum absolute atomic E-state index is 10.7. The normalized spacial score (nSPS) is 28.5. The van der Waals surface area contributed by atoms with Gasteiger partial charge in [-0.3, -0.25) is 4.79 Å². The number of rotatable bonds is 0. The third kappa shape index (κ3) is 0.944. The highest BCUT2D eigenvalue weighted by atomic mass is 32.2. The standard InChI is InChI=1S/C6H8OS/c1-4-3-5(2)8-6(4)7/h3,5H,1-2H3. The Hall–Kier alpha value is -0.240. The molecule has 0 spiro atoms. The molecule has 8 heavy (non-hydrogen) atoms. The molecule has 0 aromatic heterocycles. The van der Waals surface area contributed by atoms with Crippen LogP contribution in [0, 0.1) is 0 Å². The molecule has 0 N–H and O–H groups in total. The van der Waals surface area contributed by atoms with Gasteiger partial charge in [-0.25, -0.2) is 0 Å². The van der Waals surface area contributed by atoms with Crippen LogP contribution in [-0.4, -0.2) is 10.4 Å². The zero-order chi connectivity index (χ0) is 6.15. The van der Waals surface area contributed by atoms with E-state index in [0.29, 0.717) is 5.25 Å². The lowest BCUT2D eigenvalue weighted by molar-refractivity contribution is -0.107. The Morgan fingerprint density at radius 3 is 2.50 bits per heavy atom. The van der Waals surface area contributed by atoms with Gasteiger partial charge in [0, 0.05) is 10.8 Å². The summed E-state index contributed by atoms with van der Waals surface area (Å²) in [6, 6.07) is 0. The molecule has 0 aliphatic carbocycles. The predicted octanol–water partition coefficient (Wildman–Crippen LogP) is 1.59. The van der Waals surface area contributed by atoms with Gasteiger partial charge in [0.05, 0.1) is 0 Å². The van der Waals surface area contributed by atoms with Crippen LogP contribution < -0.4 is 0 Å². The van der Waals surface area contributed by atoms with Crippen molar-refractivity contribution in [2.24, 2.45) is 0 Å². The van der Waals surface area contributed by atoms with Gasteiger partial charge in [0.2, 0.25) is 5.12 Å². The topological polar surface area (TPSA) is 17.1 Å². The van der Waals surface area contributed by atoms with Crippen LogP contribution >= 0.6 is 11.8 Å². The fourth-order valence-corrected chi connectivity index (χ4v) is 1.58. The highest BCUT2D eigenvalue weighted by Gasteiger charge is 2.16. The molecule has 0 saturated heterocycles. The highest BCUT2D eigenvalue weighted by molar-refractivity contribution is 8.15. The van der Waals surface area contributed by atoms with Gasteiger partial charge in [0.25, 0.3) is 0 Å². The number of carbonyl (C=O) groups is 1. The molecule has 0 fully saturated rings. The summed E-state index contributed by atoms with van der Waals surface area (Å²) in [7, 11) is 0. The molecule has 0 radical (unpaired) electrons.